The summed E-state index contributed by atoms with van der Waals surface area (Å²) < 4.78 is 13.3. The first kappa shape index (κ1) is 10.8. The van der Waals surface area contributed by atoms with Crippen LogP contribution in [-0.2, 0) is 0 Å². The Bertz CT molecular complexity index is 717. The first-order valence-corrected chi connectivity index (χ1v) is 5.72. The number of hydrogen-bond donors (Lipinski definition) is 0. The van der Waals surface area contributed by atoms with E-state index in [-0.39, 0.29) is 5.82 Å². The van der Waals surface area contributed by atoms with E-state index >= 15 is 0 Å². The maximum Gasteiger partial charge on any atom is 0.126 e. The van der Waals surface area contributed by atoms with E-state index in [1.165, 1.54) is 6.07 Å². The molecule has 3 heteroatoms. The Balaban J connectivity index is 2.28. The highest BCUT2D eigenvalue weighted by Crippen LogP contribution is 2.26. The van der Waals surface area contributed by atoms with Crippen molar-refractivity contribution in [2.24, 2.45) is 0 Å². The minimum atomic E-state index is -0.197. The lowest BCUT2D eigenvalue weighted by atomic mass is 10.0. The fraction of sp³-hybridized carbons (Fsp3) is 0.0667. The molecule has 3 rings (SSSR count). The normalized spacial score (nSPS) is 10.8. The van der Waals surface area contributed by atoms with Crippen molar-refractivity contribution in [1.82, 2.24) is 9.97 Å². The summed E-state index contributed by atoms with van der Waals surface area (Å²) in [5.41, 5.74) is 3.26. The summed E-state index contributed by atoms with van der Waals surface area (Å²) in [5.74, 6) is -0.197. The van der Waals surface area contributed by atoms with Crippen molar-refractivity contribution in [1.29, 1.82) is 0 Å². The van der Waals surface area contributed by atoms with E-state index < -0.39 is 0 Å². The Morgan fingerprint density at radius 1 is 1.00 bits per heavy atom. The molecule has 0 N–H and O–H groups in total. The second-order valence-electron chi connectivity index (χ2n) is 4.19. The summed E-state index contributed by atoms with van der Waals surface area (Å²) in [6, 6.07) is 10.8. The first-order chi connectivity index (χ1) is 8.75. The zero-order valence-corrected chi connectivity index (χ0v) is 9.89. The van der Waals surface area contributed by atoms with Gasteiger partial charge in [0.2, 0.25) is 0 Å². The lowest BCUT2D eigenvalue weighted by Crippen LogP contribution is -1.89. The van der Waals surface area contributed by atoms with Crippen LogP contribution in [0.15, 0.2) is 48.8 Å². The van der Waals surface area contributed by atoms with Crippen molar-refractivity contribution in [2.45, 2.75) is 6.92 Å². The monoisotopic (exact) mass is 238 g/mol. The molecular formula is C15H11FN2. The van der Waals surface area contributed by atoms with E-state index in [1.807, 2.05) is 24.3 Å². The summed E-state index contributed by atoms with van der Waals surface area (Å²) in [4.78, 5) is 8.68. The zero-order valence-electron chi connectivity index (χ0n) is 9.89. The molecule has 3 aromatic rings. The molecule has 0 unspecified atom stereocenters. The Labute approximate surface area is 104 Å². The quantitative estimate of drug-likeness (QED) is 0.645. The van der Waals surface area contributed by atoms with Gasteiger partial charge in [-0.1, -0.05) is 0 Å². The smallest absolute Gasteiger partial charge is 0.126 e. The molecule has 0 aliphatic rings. The summed E-state index contributed by atoms with van der Waals surface area (Å²) in [6.07, 6.45) is 3.48. The van der Waals surface area contributed by atoms with Gasteiger partial charge in [0.1, 0.15) is 5.82 Å². The third kappa shape index (κ3) is 1.74. The molecule has 0 spiro atoms. The van der Waals surface area contributed by atoms with Crippen molar-refractivity contribution in [3.05, 3.63) is 60.2 Å². The van der Waals surface area contributed by atoms with Crippen LogP contribution in [0.25, 0.3) is 22.2 Å². The second-order valence-corrected chi connectivity index (χ2v) is 4.19. The predicted molar refractivity (Wildman–Crippen MR) is 69.7 cm³/mol. The van der Waals surface area contributed by atoms with Gasteiger partial charge in [0, 0.05) is 23.3 Å². The number of fused-ring (bicyclic) bond motifs is 1. The summed E-state index contributed by atoms with van der Waals surface area (Å²) in [7, 11) is 0. The average Bonchev–Trinajstić information content (AvgIpc) is 2.41. The molecule has 0 saturated heterocycles. The van der Waals surface area contributed by atoms with Gasteiger partial charge in [0.25, 0.3) is 0 Å². The van der Waals surface area contributed by atoms with Gasteiger partial charge < -0.3 is 0 Å². The number of halogens is 1. The molecule has 2 aromatic heterocycles. The summed E-state index contributed by atoms with van der Waals surface area (Å²) in [6.45, 7) is 1.75. The van der Waals surface area contributed by atoms with Crippen LogP contribution in [0.3, 0.4) is 0 Å². The van der Waals surface area contributed by atoms with E-state index in [4.69, 9.17) is 0 Å². The number of rotatable bonds is 1. The highest BCUT2D eigenvalue weighted by molar-refractivity contribution is 5.92. The lowest BCUT2D eigenvalue weighted by Gasteiger charge is -2.06. The summed E-state index contributed by atoms with van der Waals surface area (Å²) >= 11 is 0. The van der Waals surface area contributed by atoms with Gasteiger partial charge in [-0.3, -0.25) is 9.97 Å². The van der Waals surface area contributed by atoms with Gasteiger partial charge in [-0.05, 0) is 48.9 Å². The molecule has 0 fully saturated rings. The average molecular weight is 238 g/mol. The van der Waals surface area contributed by atoms with Crippen LogP contribution >= 0.6 is 0 Å². The largest absolute Gasteiger partial charge is 0.256 e. The van der Waals surface area contributed by atoms with Crippen LogP contribution in [0.5, 0.6) is 0 Å². The van der Waals surface area contributed by atoms with Gasteiger partial charge >= 0.3 is 0 Å². The fourth-order valence-electron chi connectivity index (χ4n) is 2.02. The van der Waals surface area contributed by atoms with E-state index in [1.54, 1.807) is 25.4 Å². The topological polar surface area (TPSA) is 25.8 Å². The molecule has 88 valence electrons. The molecule has 18 heavy (non-hydrogen) atoms. The molecule has 0 radical (unpaired) electrons. The fourth-order valence-corrected chi connectivity index (χ4v) is 2.02. The molecular weight excluding hydrogens is 227 g/mol. The van der Waals surface area contributed by atoms with Gasteiger partial charge in [-0.25, -0.2) is 4.39 Å². The second kappa shape index (κ2) is 4.18. The molecule has 2 nitrogen and oxygen atoms in total. The van der Waals surface area contributed by atoms with E-state index in [9.17, 15) is 4.39 Å². The van der Waals surface area contributed by atoms with Crippen molar-refractivity contribution in [3.63, 3.8) is 0 Å². The highest BCUT2D eigenvalue weighted by Gasteiger charge is 2.07. The van der Waals surface area contributed by atoms with Crippen molar-refractivity contribution >= 4 is 10.9 Å². The van der Waals surface area contributed by atoms with Crippen molar-refractivity contribution < 1.29 is 4.39 Å². The maximum atomic E-state index is 13.3. The van der Waals surface area contributed by atoms with Crippen LogP contribution in [0.2, 0.25) is 0 Å². The van der Waals surface area contributed by atoms with E-state index in [2.05, 4.69) is 9.97 Å². The molecule has 0 amide bonds. The third-order valence-electron chi connectivity index (χ3n) is 2.96. The molecule has 0 aliphatic heterocycles. The van der Waals surface area contributed by atoms with E-state index in [0.29, 0.717) is 5.56 Å². The maximum absolute atomic E-state index is 13.3. The molecule has 0 aliphatic carbocycles. The standard InChI is InChI=1S/C15H11FN2/c1-10-9-11(4-5-13(10)16)15-12-3-2-7-17-14(12)6-8-18-15/h2-9H,1H3. The molecule has 2 heterocycles. The minimum Gasteiger partial charge on any atom is -0.256 e. The van der Waals surface area contributed by atoms with Crippen molar-refractivity contribution in [2.75, 3.05) is 0 Å². The Hall–Kier alpha value is -2.29. The Kier molecular flexibility index (Phi) is 2.52. The van der Waals surface area contributed by atoms with Gasteiger partial charge in [-0.15, -0.1) is 0 Å². The SMILES string of the molecule is Cc1cc(-c2nccc3ncccc23)ccc1F. The van der Waals surface area contributed by atoms with Gasteiger partial charge in [0.05, 0.1) is 11.2 Å². The molecule has 0 saturated carbocycles. The predicted octanol–water partition coefficient (Wildman–Crippen LogP) is 3.74. The van der Waals surface area contributed by atoms with Gasteiger partial charge in [-0.2, -0.15) is 0 Å². The zero-order chi connectivity index (χ0) is 12.5. The number of pyridine rings is 2. The van der Waals surface area contributed by atoms with Crippen molar-refractivity contribution in [3.8, 4) is 11.3 Å². The third-order valence-corrected chi connectivity index (χ3v) is 2.96. The Morgan fingerprint density at radius 2 is 1.89 bits per heavy atom. The van der Waals surface area contributed by atoms with Crippen LogP contribution in [0.4, 0.5) is 4.39 Å². The number of nitrogens with zero attached hydrogens (tertiary/aromatic N) is 2. The lowest BCUT2D eigenvalue weighted by molar-refractivity contribution is 0.619. The number of aromatic nitrogens is 2. The highest BCUT2D eigenvalue weighted by atomic mass is 19.1. The first-order valence-electron chi connectivity index (χ1n) is 5.72. The minimum absolute atomic E-state index is 0.197. The number of benzene rings is 1. The molecule has 0 atom stereocenters. The van der Waals surface area contributed by atoms with Crippen LogP contribution in [-0.4, -0.2) is 9.97 Å². The van der Waals surface area contributed by atoms with E-state index in [0.717, 1.165) is 22.2 Å². The van der Waals surface area contributed by atoms with Crippen LogP contribution in [0, 0.1) is 12.7 Å². The number of aryl methyl sites for hydroxylation is 1. The number of hydrogen-bond acceptors (Lipinski definition) is 2. The Morgan fingerprint density at radius 3 is 2.72 bits per heavy atom. The van der Waals surface area contributed by atoms with Crippen LogP contribution in [0.1, 0.15) is 5.56 Å². The van der Waals surface area contributed by atoms with Gasteiger partial charge in [0.15, 0.2) is 0 Å². The molecule has 1 aromatic carbocycles. The summed E-state index contributed by atoms with van der Waals surface area (Å²) in [5, 5.41) is 0.978. The molecule has 0 bridgehead atoms. The van der Waals surface area contributed by atoms with Crippen LogP contribution < -0.4 is 0 Å².